The van der Waals surface area contributed by atoms with Gasteiger partial charge in [-0.2, -0.15) is 0 Å². The Morgan fingerprint density at radius 1 is 1.14 bits per heavy atom. The molecule has 3 heteroatoms. The Morgan fingerprint density at radius 3 is 2.50 bits per heavy atom. The number of hydrogen-bond acceptors (Lipinski definition) is 2. The minimum absolute atomic E-state index is 0.344. The third kappa shape index (κ3) is 5.58. The Hall–Kier alpha value is -0.543. The Kier molecular flexibility index (Phi) is 6.76. The summed E-state index contributed by atoms with van der Waals surface area (Å²) in [6.45, 7) is 6.81. The molecule has 0 saturated heterocycles. The number of rotatable bonds is 8. The highest BCUT2D eigenvalue weighted by Crippen LogP contribution is 2.28. The van der Waals surface area contributed by atoms with Crippen molar-refractivity contribution in [2.75, 3.05) is 0 Å². The molecule has 1 aliphatic carbocycles. The summed E-state index contributed by atoms with van der Waals surface area (Å²) in [5, 5.41) is 11.4. The standard InChI is InChI=1S/C19H34O2Si/c1-22(2,3)19-14-17(15-21-19)18(20)13-9-5-8-12-16-10-6-4-7-11-16/h14-16,18,20H,4-13H2,1-3H3. The highest BCUT2D eigenvalue weighted by molar-refractivity contribution is 6.87. The first-order chi connectivity index (χ1) is 10.5. The van der Waals surface area contributed by atoms with Crippen molar-refractivity contribution in [3.63, 3.8) is 0 Å². The molecule has 22 heavy (non-hydrogen) atoms. The molecule has 0 aromatic carbocycles. The molecule has 1 atom stereocenters. The lowest BCUT2D eigenvalue weighted by Gasteiger charge is -2.21. The fourth-order valence-corrected chi connectivity index (χ4v) is 4.52. The van der Waals surface area contributed by atoms with E-state index in [4.69, 9.17) is 4.42 Å². The van der Waals surface area contributed by atoms with Crippen molar-refractivity contribution < 1.29 is 9.52 Å². The number of aliphatic hydroxyl groups is 1. The molecule has 2 nitrogen and oxygen atoms in total. The van der Waals surface area contributed by atoms with Gasteiger partial charge < -0.3 is 9.52 Å². The van der Waals surface area contributed by atoms with E-state index in [1.54, 1.807) is 6.26 Å². The van der Waals surface area contributed by atoms with Gasteiger partial charge in [0.1, 0.15) is 8.07 Å². The smallest absolute Gasteiger partial charge is 0.123 e. The van der Waals surface area contributed by atoms with Crippen LogP contribution in [0.25, 0.3) is 0 Å². The third-order valence-electron chi connectivity index (χ3n) is 5.06. The minimum atomic E-state index is -1.40. The fourth-order valence-electron chi connectivity index (χ4n) is 3.51. The molecule has 1 aromatic heterocycles. The van der Waals surface area contributed by atoms with Crippen LogP contribution in [-0.4, -0.2) is 13.2 Å². The van der Waals surface area contributed by atoms with Crippen molar-refractivity contribution >= 4 is 13.5 Å². The lowest BCUT2D eigenvalue weighted by molar-refractivity contribution is 0.162. The predicted molar refractivity (Wildman–Crippen MR) is 96.3 cm³/mol. The van der Waals surface area contributed by atoms with Gasteiger partial charge in [0, 0.05) is 5.56 Å². The average Bonchev–Trinajstić information content (AvgIpc) is 2.98. The van der Waals surface area contributed by atoms with Crippen molar-refractivity contribution in [2.45, 2.75) is 90.0 Å². The summed E-state index contributed by atoms with van der Waals surface area (Å²) in [4.78, 5) is 0. The molecule has 1 saturated carbocycles. The lowest BCUT2D eigenvalue weighted by atomic mass is 9.85. The third-order valence-corrected chi connectivity index (χ3v) is 6.80. The maximum absolute atomic E-state index is 10.3. The van der Waals surface area contributed by atoms with Crippen LogP contribution in [0.15, 0.2) is 16.7 Å². The van der Waals surface area contributed by atoms with Gasteiger partial charge in [-0.15, -0.1) is 0 Å². The summed E-state index contributed by atoms with van der Waals surface area (Å²) < 4.78 is 5.66. The van der Waals surface area contributed by atoms with Gasteiger partial charge in [0.05, 0.1) is 17.8 Å². The monoisotopic (exact) mass is 322 g/mol. The highest BCUT2D eigenvalue weighted by atomic mass is 28.3. The van der Waals surface area contributed by atoms with Crippen molar-refractivity contribution in [3.8, 4) is 0 Å². The van der Waals surface area contributed by atoms with Crippen LogP contribution in [-0.2, 0) is 0 Å². The van der Waals surface area contributed by atoms with E-state index in [9.17, 15) is 5.11 Å². The van der Waals surface area contributed by atoms with Gasteiger partial charge in [-0.3, -0.25) is 0 Å². The molecule has 0 spiro atoms. The Morgan fingerprint density at radius 2 is 1.86 bits per heavy atom. The topological polar surface area (TPSA) is 33.4 Å². The van der Waals surface area contributed by atoms with Crippen LogP contribution in [0.1, 0.15) is 75.9 Å². The van der Waals surface area contributed by atoms with Crippen LogP contribution < -0.4 is 5.38 Å². The Balaban J connectivity index is 1.63. The summed E-state index contributed by atoms with van der Waals surface area (Å²) in [5.74, 6) is 0.992. The van der Waals surface area contributed by atoms with E-state index in [0.717, 1.165) is 29.7 Å². The molecule has 0 bridgehead atoms. The second-order valence-corrected chi connectivity index (χ2v) is 13.1. The molecule has 1 heterocycles. The highest BCUT2D eigenvalue weighted by Gasteiger charge is 2.22. The van der Waals surface area contributed by atoms with Crippen LogP contribution in [0.4, 0.5) is 0 Å². The summed E-state index contributed by atoms with van der Waals surface area (Å²) >= 11 is 0. The summed E-state index contributed by atoms with van der Waals surface area (Å²) in [6, 6.07) is 2.08. The van der Waals surface area contributed by atoms with Gasteiger partial charge in [0.15, 0.2) is 0 Å². The first-order valence-electron chi connectivity index (χ1n) is 9.24. The molecule has 126 valence electrons. The molecule has 1 unspecified atom stereocenters. The first-order valence-corrected chi connectivity index (χ1v) is 12.7. The SMILES string of the molecule is C[Si](C)(C)c1cc(C(O)CCCCCC2CCCCC2)co1. The van der Waals surface area contributed by atoms with Gasteiger partial charge in [-0.25, -0.2) is 0 Å². The first kappa shape index (κ1) is 17.8. The molecule has 2 rings (SSSR count). The summed E-state index contributed by atoms with van der Waals surface area (Å²) in [6.07, 6.45) is 14.7. The number of aliphatic hydroxyl groups excluding tert-OH is 1. The molecular formula is C19H34O2Si. The molecule has 1 N–H and O–H groups in total. The van der Waals surface area contributed by atoms with Gasteiger partial charge in [-0.1, -0.05) is 77.4 Å². The van der Waals surface area contributed by atoms with E-state index in [0.29, 0.717) is 0 Å². The zero-order valence-corrected chi connectivity index (χ0v) is 15.7. The fraction of sp³-hybridized carbons (Fsp3) is 0.789. The second kappa shape index (κ2) is 8.35. The van der Waals surface area contributed by atoms with E-state index in [1.165, 1.54) is 51.4 Å². The van der Waals surface area contributed by atoms with Crippen LogP contribution >= 0.6 is 0 Å². The van der Waals surface area contributed by atoms with Gasteiger partial charge >= 0.3 is 0 Å². The van der Waals surface area contributed by atoms with E-state index >= 15 is 0 Å². The quantitative estimate of drug-likeness (QED) is 0.514. The zero-order valence-electron chi connectivity index (χ0n) is 14.7. The van der Waals surface area contributed by atoms with Crippen LogP contribution in [0.2, 0.25) is 19.6 Å². The zero-order chi connectivity index (χ0) is 16.0. The van der Waals surface area contributed by atoms with Crippen LogP contribution in [0.3, 0.4) is 0 Å². The molecule has 1 fully saturated rings. The summed E-state index contributed by atoms with van der Waals surface area (Å²) in [7, 11) is -1.40. The van der Waals surface area contributed by atoms with Gasteiger partial charge in [-0.05, 0) is 18.4 Å². The predicted octanol–water partition coefficient (Wildman–Crippen LogP) is 5.39. The molecule has 1 aromatic rings. The molecule has 0 amide bonds. The van der Waals surface area contributed by atoms with Crippen molar-refractivity contribution in [1.82, 2.24) is 0 Å². The Labute approximate surface area is 137 Å². The van der Waals surface area contributed by atoms with Crippen molar-refractivity contribution in [2.24, 2.45) is 5.92 Å². The maximum Gasteiger partial charge on any atom is 0.123 e. The minimum Gasteiger partial charge on any atom is -0.474 e. The molecule has 1 aliphatic rings. The van der Waals surface area contributed by atoms with E-state index < -0.39 is 8.07 Å². The number of unbranched alkanes of at least 4 members (excludes halogenated alkanes) is 2. The number of hydrogen-bond donors (Lipinski definition) is 1. The maximum atomic E-state index is 10.3. The largest absolute Gasteiger partial charge is 0.474 e. The molecular weight excluding hydrogens is 288 g/mol. The number of furan rings is 1. The van der Waals surface area contributed by atoms with E-state index in [-0.39, 0.29) is 6.10 Å². The van der Waals surface area contributed by atoms with Gasteiger partial charge in [0.25, 0.3) is 0 Å². The van der Waals surface area contributed by atoms with Gasteiger partial charge in [0.2, 0.25) is 0 Å². The second-order valence-electron chi connectivity index (χ2n) is 8.15. The van der Waals surface area contributed by atoms with E-state index in [2.05, 4.69) is 25.7 Å². The molecule has 0 radical (unpaired) electrons. The van der Waals surface area contributed by atoms with E-state index in [1.807, 2.05) is 0 Å². The van der Waals surface area contributed by atoms with Crippen LogP contribution in [0, 0.1) is 5.92 Å². The average molecular weight is 323 g/mol. The van der Waals surface area contributed by atoms with Crippen molar-refractivity contribution in [1.29, 1.82) is 0 Å². The Bertz CT molecular complexity index is 427. The normalized spacial score (nSPS) is 18.5. The van der Waals surface area contributed by atoms with Crippen LogP contribution in [0.5, 0.6) is 0 Å². The summed E-state index contributed by atoms with van der Waals surface area (Å²) in [5.41, 5.74) is 0.977. The molecule has 0 aliphatic heterocycles. The lowest BCUT2D eigenvalue weighted by Crippen LogP contribution is -2.36. The van der Waals surface area contributed by atoms with Crippen molar-refractivity contribution in [3.05, 3.63) is 17.9 Å².